The van der Waals surface area contributed by atoms with Crippen LogP contribution in [-0.4, -0.2) is 29.2 Å². The van der Waals surface area contributed by atoms with Crippen LogP contribution in [0.25, 0.3) is 0 Å². The molecule has 11 heavy (non-hydrogen) atoms. The Morgan fingerprint density at radius 3 is 2.73 bits per heavy atom. The minimum Gasteiger partial charge on any atom is -0.466 e. The molecule has 0 atom stereocenters. The van der Waals surface area contributed by atoms with Gasteiger partial charge in [0.15, 0.2) is 0 Å². The molecule has 0 bridgehead atoms. The molecule has 0 unspecified atom stereocenters. The second kappa shape index (κ2) is 6.24. The van der Waals surface area contributed by atoms with E-state index in [0.29, 0.717) is 17.9 Å². The van der Waals surface area contributed by atoms with Crippen molar-refractivity contribution in [1.29, 1.82) is 0 Å². The van der Waals surface area contributed by atoms with E-state index in [1.807, 2.05) is 0 Å². The standard InChI is InChI=1S/C7H12O3S/c1-2-10-7(9)5-6(11)3-4-8/h8H,2-5H2,1H3. The zero-order valence-corrected chi connectivity index (χ0v) is 7.32. The van der Waals surface area contributed by atoms with Crippen molar-refractivity contribution in [3.63, 3.8) is 0 Å². The van der Waals surface area contributed by atoms with Crippen LogP contribution < -0.4 is 0 Å². The van der Waals surface area contributed by atoms with Crippen LogP contribution in [0.1, 0.15) is 19.8 Å². The van der Waals surface area contributed by atoms with Crippen LogP contribution in [0.3, 0.4) is 0 Å². The lowest BCUT2D eigenvalue weighted by Gasteiger charge is -2.00. The van der Waals surface area contributed by atoms with E-state index in [1.165, 1.54) is 0 Å². The number of esters is 1. The van der Waals surface area contributed by atoms with Gasteiger partial charge in [0.1, 0.15) is 0 Å². The van der Waals surface area contributed by atoms with Crippen LogP contribution in [0.5, 0.6) is 0 Å². The van der Waals surface area contributed by atoms with E-state index in [9.17, 15) is 4.79 Å². The van der Waals surface area contributed by atoms with Crippen molar-refractivity contribution < 1.29 is 14.6 Å². The zero-order chi connectivity index (χ0) is 8.69. The molecule has 0 fully saturated rings. The van der Waals surface area contributed by atoms with Crippen molar-refractivity contribution in [2.45, 2.75) is 19.8 Å². The van der Waals surface area contributed by atoms with Gasteiger partial charge in [-0.3, -0.25) is 4.79 Å². The molecule has 1 N–H and O–H groups in total. The van der Waals surface area contributed by atoms with Crippen molar-refractivity contribution in [3.05, 3.63) is 0 Å². The summed E-state index contributed by atoms with van der Waals surface area (Å²) >= 11 is 4.78. The summed E-state index contributed by atoms with van der Waals surface area (Å²) in [6.07, 6.45) is 0.540. The molecule has 0 aliphatic heterocycles. The van der Waals surface area contributed by atoms with E-state index in [-0.39, 0.29) is 19.0 Å². The van der Waals surface area contributed by atoms with Gasteiger partial charge in [-0.1, -0.05) is 12.2 Å². The molecule has 0 aromatic rings. The van der Waals surface area contributed by atoms with Crippen LogP contribution >= 0.6 is 12.2 Å². The number of carbonyl (C=O) groups excluding carboxylic acids is 1. The first-order chi connectivity index (χ1) is 5.20. The maximum atomic E-state index is 10.7. The summed E-state index contributed by atoms with van der Waals surface area (Å²) in [5.74, 6) is -0.314. The lowest BCUT2D eigenvalue weighted by Crippen LogP contribution is -2.10. The van der Waals surface area contributed by atoms with Gasteiger partial charge in [-0.05, 0) is 6.92 Å². The third kappa shape index (κ3) is 5.94. The number of aliphatic hydroxyl groups is 1. The van der Waals surface area contributed by atoms with Crippen molar-refractivity contribution in [3.8, 4) is 0 Å². The number of carbonyl (C=O) groups is 1. The Hall–Kier alpha value is -0.480. The first kappa shape index (κ1) is 10.5. The van der Waals surface area contributed by atoms with Crippen molar-refractivity contribution in [2.75, 3.05) is 13.2 Å². The molecule has 0 aromatic heterocycles. The summed E-state index contributed by atoms with van der Waals surface area (Å²) in [7, 11) is 0. The van der Waals surface area contributed by atoms with E-state index in [4.69, 9.17) is 17.3 Å². The third-order valence-corrected chi connectivity index (χ3v) is 1.39. The van der Waals surface area contributed by atoms with Crippen LogP contribution in [0.15, 0.2) is 0 Å². The molecule has 0 aliphatic carbocycles. The summed E-state index contributed by atoms with van der Waals surface area (Å²) in [6, 6.07) is 0. The summed E-state index contributed by atoms with van der Waals surface area (Å²) in [5, 5.41) is 8.44. The third-order valence-electron chi connectivity index (χ3n) is 1.04. The Morgan fingerprint density at radius 1 is 1.64 bits per heavy atom. The summed E-state index contributed by atoms with van der Waals surface area (Å²) in [4.78, 5) is 11.3. The van der Waals surface area contributed by atoms with Gasteiger partial charge in [-0.2, -0.15) is 0 Å². The predicted molar refractivity (Wildman–Crippen MR) is 45.6 cm³/mol. The lowest BCUT2D eigenvalue weighted by atomic mass is 10.2. The van der Waals surface area contributed by atoms with Gasteiger partial charge in [-0.15, -0.1) is 0 Å². The molecule has 0 aliphatic rings. The average Bonchev–Trinajstić information content (AvgIpc) is 1.87. The molecule has 64 valence electrons. The Labute approximate surface area is 71.4 Å². The molecular formula is C7H12O3S. The minimum atomic E-state index is -0.314. The van der Waals surface area contributed by atoms with E-state index in [2.05, 4.69) is 4.74 Å². The number of thiocarbonyl (C=S) groups is 1. The lowest BCUT2D eigenvalue weighted by molar-refractivity contribution is -0.141. The molecule has 0 rings (SSSR count). The number of ether oxygens (including phenoxy) is 1. The Bertz CT molecular complexity index is 129. The smallest absolute Gasteiger partial charge is 0.310 e. The maximum absolute atomic E-state index is 10.7. The van der Waals surface area contributed by atoms with Crippen molar-refractivity contribution >= 4 is 23.1 Å². The Morgan fingerprint density at radius 2 is 2.27 bits per heavy atom. The number of hydrogen-bond acceptors (Lipinski definition) is 4. The van der Waals surface area contributed by atoms with Crippen LogP contribution in [0.4, 0.5) is 0 Å². The summed E-state index contributed by atoms with van der Waals surface area (Å²) in [6.45, 7) is 2.12. The quantitative estimate of drug-likeness (QED) is 0.494. The molecule has 4 heteroatoms. The number of rotatable bonds is 5. The summed E-state index contributed by atoms with van der Waals surface area (Å²) in [5.41, 5.74) is 0. The van der Waals surface area contributed by atoms with Gasteiger partial charge in [0.05, 0.1) is 13.0 Å². The van der Waals surface area contributed by atoms with Gasteiger partial charge in [0.25, 0.3) is 0 Å². The Balaban J connectivity index is 3.49. The zero-order valence-electron chi connectivity index (χ0n) is 6.50. The van der Waals surface area contributed by atoms with Crippen LogP contribution in [0.2, 0.25) is 0 Å². The molecule has 0 radical (unpaired) electrons. The number of hydrogen-bond donors (Lipinski definition) is 1. The SMILES string of the molecule is CCOC(=O)CC(=S)CCO. The fourth-order valence-electron chi connectivity index (χ4n) is 0.586. The molecule has 0 heterocycles. The second-order valence-corrected chi connectivity index (χ2v) is 2.57. The molecule has 0 saturated heterocycles. The van der Waals surface area contributed by atoms with Gasteiger partial charge in [-0.25, -0.2) is 0 Å². The van der Waals surface area contributed by atoms with Gasteiger partial charge in [0.2, 0.25) is 0 Å². The largest absolute Gasteiger partial charge is 0.466 e. The molecule has 3 nitrogen and oxygen atoms in total. The first-order valence-electron chi connectivity index (χ1n) is 3.49. The van der Waals surface area contributed by atoms with E-state index < -0.39 is 0 Å². The molecule has 0 amide bonds. The predicted octanol–water partition coefficient (Wildman–Crippen LogP) is 0.692. The maximum Gasteiger partial charge on any atom is 0.310 e. The highest BCUT2D eigenvalue weighted by Gasteiger charge is 2.04. The molecule has 0 spiro atoms. The molecule has 0 saturated carbocycles. The summed E-state index contributed by atoms with van der Waals surface area (Å²) < 4.78 is 4.65. The van der Waals surface area contributed by atoms with Crippen molar-refractivity contribution in [1.82, 2.24) is 0 Å². The highest BCUT2D eigenvalue weighted by molar-refractivity contribution is 7.80. The average molecular weight is 176 g/mol. The number of aliphatic hydroxyl groups excluding tert-OH is 1. The highest BCUT2D eigenvalue weighted by atomic mass is 32.1. The normalized spacial score (nSPS) is 9.27. The first-order valence-corrected chi connectivity index (χ1v) is 3.89. The van der Waals surface area contributed by atoms with Gasteiger partial charge in [0, 0.05) is 17.9 Å². The molecule has 0 aromatic carbocycles. The van der Waals surface area contributed by atoms with Gasteiger partial charge < -0.3 is 9.84 Å². The van der Waals surface area contributed by atoms with Crippen molar-refractivity contribution in [2.24, 2.45) is 0 Å². The van der Waals surface area contributed by atoms with Crippen LogP contribution in [-0.2, 0) is 9.53 Å². The second-order valence-electron chi connectivity index (χ2n) is 1.99. The van der Waals surface area contributed by atoms with E-state index in [1.54, 1.807) is 6.92 Å². The van der Waals surface area contributed by atoms with E-state index >= 15 is 0 Å². The fraction of sp³-hybridized carbons (Fsp3) is 0.714. The fourth-order valence-corrected chi connectivity index (χ4v) is 0.795. The topological polar surface area (TPSA) is 46.5 Å². The minimum absolute atomic E-state index is 0.00175. The molecular weight excluding hydrogens is 164 g/mol. The van der Waals surface area contributed by atoms with Crippen LogP contribution in [0, 0.1) is 0 Å². The Kier molecular flexibility index (Phi) is 5.97. The van der Waals surface area contributed by atoms with Gasteiger partial charge >= 0.3 is 5.97 Å². The van der Waals surface area contributed by atoms with E-state index in [0.717, 1.165) is 0 Å². The monoisotopic (exact) mass is 176 g/mol. The highest BCUT2D eigenvalue weighted by Crippen LogP contribution is 1.95.